The van der Waals surface area contributed by atoms with E-state index < -0.39 is 0 Å². The van der Waals surface area contributed by atoms with Gasteiger partial charge in [-0.2, -0.15) is 0 Å². The minimum absolute atomic E-state index is 0. The number of nitrogens with two attached hydrogens (primary N) is 1. The van der Waals surface area contributed by atoms with E-state index in [-0.39, 0.29) is 30.3 Å². The first-order valence-electron chi connectivity index (χ1n) is 8.10. The van der Waals surface area contributed by atoms with Crippen LogP contribution >= 0.6 is 24.0 Å². The van der Waals surface area contributed by atoms with E-state index in [1.165, 1.54) is 0 Å². The molecular formula is C17H24Cl2N2O2. The Labute approximate surface area is 148 Å². The highest BCUT2D eigenvalue weighted by atomic mass is 35.5. The molecule has 0 aromatic heterocycles. The predicted molar refractivity (Wildman–Crippen MR) is 93.4 cm³/mol. The van der Waals surface area contributed by atoms with Crippen LogP contribution in [-0.2, 0) is 9.63 Å². The van der Waals surface area contributed by atoms with Gasteiger partial charge in [0, 0.05) is 17.4 Å². The van der Waals surface area contributed by atoms with Crippen LogP contribution in [0.3, 0.4) is 0 Å². The minimum Gasteiger partial charge on any atom is -0.330 e. The van der Waals surface area contributed by atoms with E-state index in [2.05, 4.69) is 0 Å². The molecule has 1 aromatic carbocycles. The summed E-state index contributed by atoms with van der Waals surface area (Å²) in [6.45, 7) is 1.33. The van der Waals surface area contributed by atoms with Gasteiger partial charge in [-0.15, -0.1) is 12.4 Å². The maximum absolute atomic E-state index is 12.8. The van der Waals surface area contributed by atoms with E-state index in [0.717, 1.165) is 44.2 Å². The van der Waals surface area contributed by atoms with Gasteiger partial charge < -0.3 is 5.73 Å². The van der Waals surface area contributed by atoms with Crippen molar-refractivity contribution in [1.82, 2.24) is 5.06 Å². The van der Waals surface area contributed by atoms with Crippen LogP contribution in [-0.4, -0.2) is 24.1 Å². The summed E-state index contributed by atoms with van der Waals surface area (Å²) in [6.07, 6.45) is 4.78. The van der Waals surface area contributed by atoms with Crippen LogP contribution in [0.15, 0.2) is 24.3 Å². The summed E-state index contributed by atoms with van der Waals surface area (Å²) in [5, 5.41) is 2.32. The second-order valence-corrected chi connectivity index (χ2v) is 6.74. The van der Waals surface area contributed by atoms with Crippen LogP contribution in [0.1, 0.15) is 43.7 Å². The van der Waals surface area contributed by atoms with Crippen molar-refractivity contribution in [1.29, 1.82) is 0 Å². The summed E-state index contributed by atoms with van der Waals surface area (Å²) in [5.74, 6) is 0.791. The third-order valence-electron chi connectivity index (χ3n) is 4.91. The minimum atomic E-state index is 0. The number of rotatable bonds is 3. The fourth-order valence-corrected chi connectivity index (χ4v) is 3.63. The van der Waals surface area contributed by atoms with E-state index >= 15 is 0 Å². The van der Waals surface area contributed by atoms with Crippen molar-refractivity contribution in [2.24, 2.45) is 17.6 Å². The lowest BCUT2D eigenvalue weighted by Crippen LogP contribution is -2.37. The molecule has 1 amide bonds. The standard InChI is InChI=1S/C17H23ClN2O2.ClH/c18-15-7-5-13(6-8-15)16-9-10-22-20(16)17(21)14-3-1-12(11-19)2-4-14;/h5-8,12,14,16H,1-4,9-11,19H2;1H/t12-,14-,16-;/m0./s1. The molecular weight excluding hydrogens is 335 g/mol. The lowest BCUT2D eigenvalue weighted by Gasteiger charge is -2.31. The molecule has 6 heteroatoms. The highest BCUT2D eigenvalue weighted by Gasteiger charge is 2.36. The van der Waals surface area contributed by atoms with Crippen LogP contribution in [0.25, 0.3) is 0 Å². The topological polar surface area (TPSA) is 55.6 Å². The Bertz CT molecular complexity index is 516. The van der Waals surface area contributed by atoms with Crippen LogP contribution in [0.5, 0.6) is 0 Å². The Morgan fingerprint density at radius 1 is 1.17 bits per heavy atom. The molecule has 1 aliphatic heterocycles. The summed E-state index contributed by atoms with van der Waals surface area (Å²) in [7, 11) is 0. The fourth-order valence-electron chi connectivity index (χ4n) is 3.50. The number of hydroxylamine groups is 2. The zero-order valence-corrected chi connectivity index (χ0v) is 14.7. The van der Waals surface area contributed by atoms with Gasteiger partial charge in [0.15, 0.2) is 0 Å². The molecule has 0 spiro atoms. The smallest absolute Gasteiger partial charge is 0.249 e. The molecule has 1 aromatic rings. The van der Waals surface area contributed by atoms with E-state index in [4.69, 9.17) is 22.2 Å². The Kier molecular flexibility index (Phi) is 6.72. The summed E-state index contributed by atoms with van der Waals surface area (Å²) in [5.41, 5.74) is 6.82. The van der Waals surface area contributed by atoms with E-state index in [0.29, 0.717) is 17.5 Å². The molecule has 2 N–H and O–H groups in total. The second-order valence-electron chi connectivity index (χ2n) is 6.31. The normalized spacial score (nSPS) is 27.6. The van der Waals surface area contributed by atoms with Crippen molar-refractivity contribution in [3.63, 3.8) is 0 Å². The van der Waals surface area contributed by atoms with Gasteiger partial charge in [0.25, 0.3) is 0 Å². The van der Waals surface area contributed by atoms with Crippen molar-refractivity contribution in [2.75, 3.05) is 13.2 Å². The monoisotopic (exact) mass is 358 g/mol. The number of amides is 1. The molecule has 0 bridgehead atoms. The molecule has 4 nitrogen and oxygen atoms in total. The van der Waals surface area contributed by atoms with Gasteiger partial charge in [-0.05, 0) is 55.8 Å². The van der Waals surface area contributed by atoms with Crippen molar-refractivity contribution in [3.8, 4) is 0 Å². The first-order valence-corrected chi connectivity index (χ1v) is 8.48. The zero-order chi connectivity index (χ0) is 15.5. The van der Waals surface area contributed by atoms with Gasteiger partial charge in [-0.1, -0.05) is 23.7 Å². The number of carbonyl (C=O) groups is 1. The van der Waals surface area contributed by atoms with Crippen LogP contribution in [0.2, 0.25) is 5.02 Å². The van der Waals surface area contributed by atoms with E-state index in [1.54, 1.807) is 5.06 Å². The van der Waals surface area contributed by atoms with Crippen molar-refractivity contribution >= 4 is 29.9 Å². The molecule has 3 rings (SSSR count). The van der Waals surface area contributed by atoms with Crippen LogP contribution < -0.4 is 5.73 Å². The van der Waals surface area contributed by atoms with E-state index in [9.17, 15) is 4.79 Å². The Morgan fingerprint density at radius 3 is 2.43 bits per heavy atom. The average molecular weight is 359 g/mol. The maximum Gasteiger partial charge on any atom is 0.249 e. The second kappa shape index (κ2) is 8.34. The molecule has 1 atom stereocenters. The summed E-state index contributed by atoms with van der Waals surface area (Å²) in [4.78, 5) is 18.4. The molecule has 0 radical (unpaired) electrons. The SMILES string of the molecule is Cl.NC[C@H]1CC[C@H](C(=O)N2OCC[C@H]2c2ccc(Cl)cc2)CC1. The summed E-state index contributed by atoms with van der Waals surface area (Å²) in [6, 6.07) is 7.70. The molecule has 23 heavy (non-hydrogen) atoms. The first kappa shape index (κ1) is 18.5. The quantitative estimate of drug-likeness (QED) is 0.895. The number of nitrogens with zero attached hydrogens (tertiary/aromatic N) is 1. The highest BCUT2D eigenvalue weighted by Crippen LogP contribution is 2.36. The summed E-state index contributed by atoms with van der Waals surface area (Å²) >= 11 is 5.94. The molecule has 1 heterocycles. The van der Waals surface area contributed by atoms with Crippen molar-refractivity contribution in [2.45, 2.75) is 38.1 Å². The lowest BCUT2D eigenvalue weighted by atomic mass is 9.81. The summed E-state index contributed by atoms with van der Waals surface area (Å²) < 4.78 is 0. The average Bonchev–Trinajstić information content (AvgIpc) is 3.04. The third-order valence-corrected chi connectivity index (χ3v) is 5.16. The van der Waals surface area contributed by atoms with Crippen molar-refractivity contribution < 1.29 is 9.63 Å². The number of benzene rings is 1. The largest absolute Gasteiger partial charge is 0.330 e. The third kappa shape index (κ3) is 4.18. The molecule has 2 fully saturated rings. The number of halogens is 2. The van der Waals surface area contributed by atoms with Crippen LogP contribution in [0, 0.1) is 11.8 Å². The Morgan fingerprint density at radius 2 is 1.83 bits per heavy atom. The van der Waals surface area contributed by atoms with Gasteiger partial charge in [0.2, 0.25) is 5.91 Å². The van der Waals surface area contributed by atoms with Crippen LogP contribution in [0.4, 0.5) is 0 Å². The highest BCUT2D eigenvalue weighted by molar-refractivity contribution is 6.30. The van der Waals surface area contributed by atoms with E-state index in [1.807, 2.05) is 24.3 Å². The van der Waals surface area contributed by atoms with Gasteiger partial charge in [0.1, 0.15) is 0 Å². The Hall–Kier alpha value is -0.810. The molecule has 128 valence electrons. The predicted octanol–water partition coefficient (Wildman–Crippen LogP) is 3.73. The lowest BCUT2D eigenvalue weighted by molar-refractivity contribution is -0.183. The molecule has 0 unspecified atom stereocenters. The molecule has 1 saturated carbocycles. The van der Waals surface area contributed by atoms with Gasteiger partial charge >= 0.3 is 0 Å². The van der Waals surface area contributed by atoms with Gasteiger partial charge in [-0.3, -0.25) is 9.63 Å². The number of hydrogen-bond donors (Lipinski definition) is 1. The number of hydrogen-bond acceptors (Lipinski definition) is 3. The molecule has 1 aliphatic carbocycles. The fraction of sp³-hybridized carbons (Fsp3) is 0.588. The van der Waals surface area contributed by atoms with Gasteiger partial charge in [0.05, 0.1) is 12.6 Å². The van der Waals surface area contributed by atoms with Gasteiger partial charge in [-0.25, -0.2) is 5.06 Å². The molecule has 2 aliphatic rings. The number of carbonyl (C=O) groups excluding carboxylic acids is 1. The Balaban J connectivity index is 0.00000192. The molecule has 1 saturated heterocycles. The first-order chi connectivity index (χ1) is 10.7. The maximum atomic E-state index is 12.8. The van der Waals surface area contributed by atoms with Crippen molar-refractivity contribution in [3.05, 3.63) is 34.9 Å². The zero-order valence-electron chi connectivity index (χ0n) is 13.1.